The summed E-state index contributed by atoms with van der Waals surface area (Å²) in [6, 6.07) is 13.6. The number of hydrogen-bond donors (Lipinski definition) is 0. The Balaban J connectivity index is 0.000000335. The summed E-state index contributed by atoms with van der Waals surface area (Å²) in [4.78, 5) is 14.1. The van der Waals surface area contributed by atoms with Crippen molar-refractivity contribution in [1.82, 2.24) is 0 Å². The van der Waals surface area contributed by atoms with Gasteiger partial charge in [-0.1, -0.05) is 36.4 Å². The van der Waals surface area contributed by atoms with Crippen LogP contribution in [0.5, 0.6) is 0 Å². The Labute approximate surface area is 128 Å². The van der Waals surface area contributed by atoms with E-state index in [2.05, 4.69) is 13.9 Å². The molecule has 0 unspecified atom stereocenters. The number of rotatable bonds is 4. The van der Waals surface area contributed by atoms with Crippen LogP contribution in [-0.4, -0.2) is 26.0 Å². The summed E-state index contributed by atoms with van der Waals surface area (Å²) < 4.78 is 39.8. The van der Waals surface area contributed by atoms with Gasteiger partial charge in [-0.25, -0.2) is 18.2 Å². The normalized spacial score (nSPS) is 11.7. The van der Waals surface area contributed by atoms with Crippen molar-refractivity contribution in [2.24, 2.45) is 0 Å². The molecule has 118 valence electrons. The van der Waals surface area contributed by atoms with Crippen LogP contribution < -0.4 is 4.98 Å². The standard InChI is InChI=1S/C9H10O6S.C5H5N/c1-14-9(10)8(15-16(11,12)13)7-5-3-2-4-6-7;1-2-4-6-5-3-1/h2-6,8H,1H3,(H,11,12,13);1-5H/t8-;/m1./s1. The predicted octanol–water partition coefficient (Wildman–Crippen LogP) is 0.878. The van der Waals surface area contributed by atoms with E-state index in [1.165, 1.54) is 12.1 Å². The molecule has 0 radical (unpaired) electrons. The Hall–Kier alpha value is -2.29. The van der Waals surface area contributed by atoms with E-state index in [9.17, 15) is 17.8 Å². The van der Waals surface area contributed by atoms with Crippen LogP contribution in [0.2, 0.25) is 0 Å². The first-order valence-corrected chi connectivity index (χ1v) is 7.45. The van der Waals surface area contributed by atoms with Crippen LogP contribution in [-0.2, 0) is 24.1 Å². The Morgan fingerprint density at radius 2 is 1.64 bits per heavy atom. The van der Waals surface area contributed by atoms with Crippen LogP contribution in [0.1, 0.15) is 11.7 Å². The molecule has 2 rings (SSSR count). The molecule has 1 heterocycles. The van der Waals surface area contributed by atoms with E-state index in [0.29, 0.717) is 0 Å². The number of H-pyrrole nitrogens is 1. The second kappa shape index (κ2) is 8.88. The van der Waals surface area contributed by atoms with Gasteiger partial charge in [-0.05, 0) is 5.56 Å². The maximum Gasteiger partial charge on any atom is 0.341 e. The largest absolute Gasteiger partial charge is 0.725 e. The Morgan fingerprint density at radius 1 is 1.09 bits per heavy atom. The molecule has 0 bridgehead atoms. The zero-order valence-corrected chi connectivity index (χ0v) is 12.5. The average Bonchev–Trinajstić information content (AvgIpc) is 2.54. The molecule has 0 aliphatic heterocycles. The first-order valence-electron chi connectivity index (χ1n) is 6.12. The van der Waals surface area contributed by atoms with E-state index in [1.807, 2.05) is 30.6 Å². The molecule has 1 aromatic carbocycles. The van der Waals surface area contributed by atoms with Crippen LogP contribution in [0.15, 0.2) is 60.9 Å². The van der Waals surface area contributed by atoms with Crippen molar-refractivity contribution in [2.45, 2.75) is 6.10 Å². The van der Waals surface area contributed by atoms with E-state index >= 15 is 0 Å². The zero-order valence-electron chi connectivity index (χ0n) is 11.7. The maximum absolute atomic E-state index is 11.2. The zero-order chi connectivity index (χ0) is 16.4. The van der Waals surface area contributed by atoms with E-state index < -0.39 is 22.5 Å². The van der Waals surface area contributed by atoms with E-state index in [0.717, 1.165) is 7.11 Å². The number of methoxy groups -OCH3 is 1. The number of nitrogens with one attached hydrogen (secondary N) is 1. The van der Waals surface area contributed by atoms with Crippen molar-refractivity contribution < 1.29 is 31.7 Å². The number of ether oxygens (including phenoxy) is 1. The molecule has 0 fully saturated rings. The summed E-state index contributed by atoms with van der Waals surface area (Å²) in [6.07, 6.45) is 2.19. The lowest BCUT2D eigenvalue weighted by Crippen LogP contribution is -2.20. The summed E-state index contributed by atoms with van der Waals surface area (Å²) in [7, 11) is -3.91. The Bertz CT molecular complexity index is 634. The first kappa shape index (κ1) is 17.8. The van der Waals surface area contributed by atoms with Gasteiger partial charge in [0.25, 0.3) is 0 Å². The topological polar surface area (TPSA) is 107 Å². The minimum Gasteiger partial charge on any atom is -0.725 e. The van der Waals surface area contributed by atoms with Gasteiger partial charge in [0, 0.05) is 12.1 Å². The van der Waals surface area contributed by atoms with Gasteiger partial charge in [0.15, 0.2) is 18.5 Å². The third-order valence-electron chi connectivity index (χ3n) is 2.34. The fourth-order valence-electron chi connectivity index (χ4n) is 1.43. The molecule has 0 aliphatic carbocycles. The Kier molecular flexibility index (Phi) is 7.17. The van der Waals surface area contributed by atoms with Gasteiger partial charge in [-0.2, -0.15) is 0 Å². The molecule has 8 heteroatoms. The SMILES string of the molecule is COC(=O)[C@H](OS(=O)(=O)[O-])c1ccccc1.c1cc[nH+]cc1. The lowest BCUT2D eigenvalue weighted by molar-refractivity contribution is -0.377. The average molecular weight is 325 g/mol. The second-order valence-electron chi connectivity index (χ2n) is 3.90. The summed E-state index contributed by atoms with van der Waals surface area (Å²) >= 11 is 0. The first-order chi connectivity index (χ1) is 10.4. The van der Waals surface area contributed by atoms with Crippen LogP contribution in [0.4, 0.5) is 0 Å². The van der Waals surface area contributed by atoms with E-state index in [4.69, 9.17) is 0 Å². The van der Waals surface area contributed by atoms with E-state index in [1.54, 1.807) is 18.2 Å². The summed E-state index contributed by atoms with van der Waals surface area (Å²) in [5.74, 6) is -0.953. The van der Waals surface area contributed by atoms with Gasteiger partial charge in [0.2, 0.25) is 10.4 Å². The fourth-order valence-corrected chi connectivity index (χ4v) is 1.85. The molecule has 2 aromatic rings. The van der Waals surface area contributed by atoms with Crippen molar-refractivity contribution in [2.75, 3.05) is 7.11 Å². The highest BCUT2D eigenvalue weighted by atomic mass is 32.3. The molecule has 0 saturated heterocycles. The molecule has 22 heavy (non-hydrogen) atoms. The Morgan fingerprint density at radius 3 is 2.00 bits per heavy atom. The van der Waals surface area contributed by atoms with Crippen molar-refractivity contribution >= 4 is 16.4 Å². The van der Waals surface area contributed by atoms with Gasteiger partial charge >= 0.3 is 5.97 Å². The molecule has 7 nitrogen and oxygen atoms in total. The smallest absolute Gasteiger partial charge is 0.341 e. The fraction of sp³-hybridized carbons (Fsp3) is 0.143. The van der Waals surface area contributed by atoms with Crippen molar-refractivity contribution in [1.29, 1.82) is 0 Å². The number of pyridine rings is 1. The number of benzene rings is 1. The summed E-state index contributed by atoms with van der Waals surface area (Å²) in [5, 5.41) is 0. The van der Waals surface area contributed by atoms with Gasteiger partial charge in [-0.15, -0.1) is 0 Å². The minimum atomic E-state index is -4.98. The molecule has 1 aromatic heterocycles. The number of hydrogen-bond acceptors (Lipinski definition) is 6. The molecular formula is C14H15NO6S. The van der Waals surface area contributed by atoms with Crippen molar-refractivity contribution in [3.8, 4) is 0 Å². The monoisotopic (exact) mass is 325 g/mol. The van der Waals surface area contributed by atoms with Crippen LogP contribution in [0.3, 0.4) is 0 Å². The number of carbonyl (C=O) groups excluding carboxylic acids is 1. The molecule has 0 saturated carbocycles. The van der Waals surface area contributed by atoms with Gasteiger partial charge in [-0.3, -0.25) is 4.18 Å². The second-order valence-corrected chi connectivity index (χ2v) is 4.90. The lowest BCUT2D eigenvalue weighted by Gasteiger charge is -2.17. The quantitative estimate of drug-likeness (QED) is 0.469. The van der Waals surface area contributed by atoms with Crippen LogP contribution >= 0.6 is 0 Å². The van der Waals surface area contributed by atoms with Crippen LogP contribution in [0, 0.1) is 0 Å². The molecule has 0 amide bonds. The number of aromatic amines is 1. The van der Waals surface area contributed by atoms with Gasteiger partial charge in [0.05, 0.1) is 7.11 Å². The minimum absolute atomic E-state index is 0.230. The highest BCUT2D eigenvalue weighted by Gasteiger charge is 2.24. The number of aromatic nitrogens is 1. The molecule has 1 N–H and O–H groups in total. The summed E-state index contributed by atoms with van der Waals surface area (Å²) in [6.45, 7) is 0. The third kappa shape index (κ3) is 6.93. The van der Waals surface area contributed by atoms with Crippen molar-refractivity contribution in [3.05, 3.63) is 66.5 Å². The highest BCUT2D eigenvalue weighted by molar-refractivity contribution is 7.80. The van der Waals surface area contributed by atoms with Crippen molar-refractivity contribution in [3.63, 3.8) is 0 Å². The van der Waals surface area contributed by atoms with Crippen LogP contribution in [0.25, 0.3) is 0 Å². The maximum atomic E-state index is 11.2. The summed E-state index contributed by atoms with van der Waals surface area (Å²) in [5.41, 5.74) is 0.230. The third-order valence-corrected chi connectivity index (χ3v) is 2.77. The molecule has 0 aliphatic rings. The number of esters is 1. The molecule has 0 spiro atoms. The highest BCUT2D eigenvalue weighted by Crippen LogP contribution is 2.20. The number of carbonyl (C=O) groups is 1. The van der Waals surface area contributed by atoms with Gasteiger partial charge in [0.1, 0.15) is 0 Å². The van der Waals surface area contributed by atoms with Gasteiger partial charge < -0.3 is 9.29 Å². The van der Waals surface area contributed by atoms with E-state index in [-0.39, 0.29) is 5.56 Å². The lowest BCUT2D eigenvalue weighted by atomic mass is 10.1. The predicted molar refractivity (Wildman–Crippen MR) is 75.0 cm³/mol. The molecule has 1 atom stereocenters. The molecular weight excluding hydrogens is 310 g/mol.